The number of halogens is 1. The van der Waals surface area contributed by atoms with E-state index in [-0.39, 0.29) is 39.8 Å². The van der Waals surface area contributed by atoms with E-state index in [0.29, 0.717) is 26.2 Å². The van der Waals surface area contributed by atoms with Crippen LogP contribution in [0.5, 0.6) is 0 Å². The summed E-state index contributed by atoms with van der Waals surface area (Å²) in [6, 6.07) is 4.24. The van der Waals surface area contributed by atoms with Gasteiger partial charge in [0, 0.05) is 48.9 Å². The highest BCUT2D eigenvalue weighted by molar-refractivity contribution is 7.89. The molecule has 2 aromatic rings. The third-order valence-electron chi connectivity index (χ3n) is 5.26. The summed E-state index contributed by atoms with van der Waals surface area (Å²) in [7, 11) is -3.77. The van der Waals surface area contributed by atoms with Crippen molar-refractivity contribution in [1.29, 1.82) is 0 Å². The number of hydrogen-bond acceptors (Lipinski definition) is 6. The molecule has 11 heteroatoms. The van der Waals surface area contributed by atoms with E-state index in [2.05, 4.69) is 9.71 Å². The zero-order valence-electron chi connectivity index (χ0n) is 17.0. The average molecular weight is 483 g/mol. The van der Waals surface area contributed by atoms with Gasteiger partial charge in [-0.2, -0.15) is 0 Å². The van der Waals surface area contributed by atoms with Gasteiger partial charge >= 0.3 is 0 Å². The highest BCUT2D eigenvalue weighted by Gasteiger charge is 2.31. The lowest BCUT2D eigenvalue weighted by Crippen LogP contribution is -2.51. The van der Waals surface area contributed by atoms with E-state index in [4.69, 9.17) is 11.6 Å². The maximum Gasteiger partial charge on any atom is 0.254 e. The number of carbonyl (C=O) groups excluding carboxylic acids is 2. The summed E-state index contributed by atoms with van der Waals surface area (Å²) < 4.78 is 27.7. The maximum atomic E-state index is 13.0. The Bertz CT molecular complexity index is 1110. The summed E-state index contributed by atoms with van der Waals surface area (Å²) in [5.74, 6) is -0.283. The van der Waals surface area contributed by atoms with Crippen molar-refractivity contribution in [2.45, 2.75) is 37.1 Å². The van der Waals surface area contributed by atoms with Crippen molar-refractivity contribution in [2.75, 3.05) is 26.2 Å². The molecule has 8 nitrogen and oxygen atoms in total. The number of benzene rings is 1. The lowest BCUT2D eigenvalue weighted by Gasteiger charge is -2.34. The second-order valence-electron chi connectivity index (χ2n) is 7.77. The van der Waals surface area contributed by atoms with Crippen LogP contribution in [0, 0.1) is 6.92 Å². The Morgan fingerprint density at radius 1 is 1.19 bits per heavy atom. The maximum absolute atomic E-state index is 13.0. The molecule has 4 rings (SSSR count). The SMILES string of the molecule is Cc1csc(CC(=O)N2CCN(C(=O)c3ccc(Cl)c(S(=O)(=O)NC4CC4)c3)CC2)n1. The first-order valence-corrected chi connectivity index (χ1v) is 12.8. The Balaban J connectivity index is 1.39. The van der Waals surface area contributed by atoms with Crippen molar-refractivity contribution < 1.29 is 18.0 Å². The van der Waals surface area contributed by atoms with E-state index in [1.807, 2.05) is 12.3 Å². The van der Waals surface area contributed by atoms with Gasteiger partial charge in [-0.1, -0.05) is 11.6 Å². The summed E-state index contributed by atoms with van der Waals surface area (Å²) in [5.41, 5.74) is 1.17. The third-order valence-corrected chi connectivity index (χ3v) is 8.22. The Kier molecular flexibility index (Phi) is 6.34. The van der Waals surface area contributed by atoms with Crippen molar-refractivity contribution >= 4 is 44.8 Å². The van der Waals surface area contributed by atoms with Gasteiger partial charge in [-0.05, 0) is 38.0 Å². The fraction of sp³-hybridized carbons (Fsp3) is 0.450. The molecular weight excluding hydrogens is 460 g/mol. The van der Waals surface area contributed by atoms with Gasteiger partial charge in [0.1, 0.15) is 9.90 Å². The Hall–Kier alpha value is -2.01. The van der Waals surface area contributed by atoms with Gasteiger partial charge in [-0.3, -0.25) is 9.59 Å². The van der Waals surface area contributed by atoms with Crippen LogP contribution >= 0.6 is 22.9 Å². The van der Waals surface area contributed by atoms with Gasteiger partial charge in [0.25, 0.3) is 5.91 Å². The first-order valence-electron chi connectivity index (χ1n) is 10.0. The fourth-order valence-corrected chi connectivity index (χ4v) is 5.99. The fourth-order valence-electron chi connectivity index (χ4n) is 3.39. The van der Waals surface area contributed by atoms with Crippen LogP contribution in [0.3, 0.4) is 0 Å². The van der Waals surface area contributed by atoms with Gasteiger partial charge in [0.05, 0.1) is 11.4 Å². The van der Waals surface area contributed by atoms with E-state index in [9.17, 15) is 18.0 Å². The number of carbonyl (C=O) groups is 2. The molecule has 1 saturated carbocycles. The Morgan fingerprint density at radius 2 is 1.87 bits per heavy atom. The van der Waals surface area contributed by atoms with Gasteiger partial charge in [-0.15, -0.1) is 11.3 Å². The van der Waals surface area contributed by atoms with Gasteiger partial charge < -0.3 is 9.80 Å². The molecule has 0 spiro atoms. The van der Waals surface area contributed by atoms with Crippen LogP contribution in [0.2, 0.25) is 5.02 Å². The normalized spacial score (nSPS) is 17.1. The predicted octanol–water partition coefficient (Wildman–Crippen LogP) is 2.07. The van der Waals surface area contributed by atoms with Crippen molar-refractivity contribution in [3.8, 4) is 0 Å². The quantitative estimate of drug-likeness (QED) is 0.679. The van der Waals surface area contributed by atoms with Gasteiger partial charge in [-0.25, -0.2) is 18.1 Å². The minimum atomic E-state index is -3.77. The third kappa shape index (κ3) is 5.25. The van der Waals surface area contributed by atoms with Crippen LogP contribution in [-0.2, 0) is 21.2 Å². The van der Waals surface area contributed by atoms with Crippen LogP contribution < -0.4 is 4.72 Å². The summed E-state index contributed by atoms with van der Waals surface area (Å²) in [6.07, 6.45) is 1.88. The molecule has 31 heavy (non-hydrogen) atoms. The summed E-state index contributed by atoms with van der Waals surface area (Å²) in [6.45, 7) is 3.51. The van der Waals surface area contributed by atoms with Crippen LogP contribution in [0.15, 0.2) is 28.5 Å². The summed E-state index contributed by atoms with van der Waals surface area (Å²) >= 11 is 7.57. The monoisotopic (exact) mass is 482 g/mol. The second kappa shape index (κ2) is 8.85. The lowest BCUT2D eigenvalue weighted by atomic mass is 10.1. The molecule has 0 radical (unpaired) electrons. The van der Waals surface area contributed by atoms with Crippen molar-refractivity contribution in [3.63, 3.8) is 0 Å². The second-order valence-corrected chi connectivity index (χ2v) is 10.8. The standard InChI is InChI=1S/C20H23ClN4O4S2/c1-13-12-30-18(22-13)11-19(26)24-6-8-25(9-7-24)20(27)14-2-5-16(21)17(10-14)31(28,29)23-15-3-4-15/h2,5,10,12,15,23H,3-4,6-9,11H2,1H3. The molecule has 2 aliphatic rings. The lowest BCUT2D eigenvalue weighted by molar-refractivity contribution is -0.131. The highest BCUT2D eigenvalue weighted by Crippen LogP contribution is 2.27. The topological polar surface area (TPSA) is 99.7 Å². The molecule has 1 aromatic carbocycles. The number of nitrogens with zero attached hydrogens (tertiary/aromatic N) is 3. The molecule has 2 fully saturated rings. The first-order chi connectivity index (χ1) is 14.7. The molecule has 1 N–H and O–H groups in total. The Morgan fingerprint density at radius 3 is 2.48 bits per heavy atom. The molecule has 1 aliphatic carbocycles. The zero-order valence-corrected chi connectivity index (χ0v) is 19.4. The number of rotatable bonds is 6. The van der Waals surface area contributed by atoms with E-state index in [1.54, 1.807) is 9.80 Å². The minimum Gasteiger partial charge on any atom is -0.339 e. The number of nitrogens with one attached hydrogen (secondary N) is 1. The summed E-state index contributed by atoms with van der Waals surface area (Å²) in [5, 5.41) is 2.79. The van der Waals surface area contributed by atoms with Crippen molar-refractivity contribution in [3.05, 3.63) is 44.9 Å². The number of sulfonamides is 1. The van der Waals surface area contributed by atoms with Crippen LogP contribution in [0.25, 0.3) is 0 Å². The molecule has 2 amide bonds. The number of hydrogen-bond donors (Lipinski definition) is 1. The van der Waals surface area contributed by atoms with E-state index in [0.717, 1.165) is 23.5 Å². The van der Waals surface area contributed by atoms with E-state index < -0.39 is 10.0 Å². The van der Waals surface area contributed by atoms with E-state index >= 15 is 0 Å². The van der Waals surface area contributed by atoms with Crippen LogP contribution in [0.4, 0.5) is 0 Å². The predicted molar refractivity (Wildman–Crippen MR) is 118 cm³/mol. The Labute approximate surface area is 190 Å². The number of aryl methyl sites for hydroxylation is 1. The molecule has 0 unspecified atom stereocenters. The highest BCUT2D eigenvalue weighted by atomic mass is 35.5. The van der Waals surface area contributed by atoms with Crippen molar-refractivity contribution in [1.82, 2.24) is 19.5 Å². The molecule has 166 valence electrons. The molecule has 1 aliphatic heterocycles. The van der Waals surface area contributed by atoms with Gasteiger partial charge in [0.2, 0.25) is 15.9 Å². The molecule has 0 bridgehead atoms. The summed E-state index contributed by atoms with van der Waals surface area (Å²) in [4.78, 5) is 33.1. The number of amides is 2. The van der Waals surface area contributed by atoms with Crippen LogP contribution in [-0.4, -0.2) is 67.2 Å². The zero-order chi connectivity index (χ0) is 22.2. The number of thiazole rings is 1. The molecule has 1 aromatic heterocycles. The molecule has 1 saturated heterocycles. The largest absolute Gasteiger partial charge is 0.339 e. The molecule has 0 atom stereocenters. The first kappa shape index (κ1) is 22.2. The number of aromatic nitrogens is 1. The van der Waals surface area contributed by atoms with Crippen LogP contribution in [0.1, 0.15) is 33.9 Å². The molecular formula is C20H23ClN4O4S2. The van der Waals surface area contributed by atoms with Gasteiger partial charge in [0.15, 0.2) is 0 Å². The van der Waals surface area contributed by atoms with E-state index in [1.165, 1.54) is 29.5 Å². The smallest absolute Gasteiger partial charge is 0.254 e. The number of piperazine rings is 1. The minimum absolute atomic E-state index is 0.00697. The molecule has 2 heterocycles. The average Bonchev–Trinajstić information content (AvgIpc) is 3.45. The van der Waals surface area contributed by atoms with Crippen molar-refractivity contribution in [2.24, 2.45) is 0 Å².